The van der Waals surface area contributed by atoms with Crippen molar-refractivity contribution in [2.24, 2.45) is 5.92 Å². The lowest BCUT2D eigenvalue weighted by Crippen LogP contribution is -2.67. The summed E-state index contributed by atoms with van der Waals surface area (Å²) in [6.07, 6.45) is 0.977. The molecule has 0 aromatic heterocycles. The Hall–Kier alpha value is -2.24. The van der Waals surface area contributed by atoms with E-state index in [0.717, 1.165) is 10.4 Å². The molecule has 0 amide bonds. The zero-order valence-corrected chi connectivity index (χ0v) is 19.1. The number of ether oxygens (including phenoxy) is 1. The average molecular weight is 415 g/mol. The van der Waals surface area contributed by atoms with Crippen LogP contribution in [0.15, 0.2) is 72.6 Å². The van der Waals surface area contributed by atoms with Crippen molar-refractivity contribution in [2.45, 2.75) is 45.8 Å². The van der Waals surface area contributed by atoms with E-state index in [1.54, 1.807) is 0 Å². The molecule has 2 rings (SSSR count). The van der Waals surface area contributed by atoms with Gasteiger partial charge in [0.05, 0.1) is 7.11 Å². The number of hydrogen-bond donors (Lipinski definition) is 0. The minimum Gasteiger partial charge on any atom is -0.464 e. The van der Waals surface area contributed by atoms with Gasteiger partial charge in [-0.2, -0.15) is 4.39 Å². The van der Waals surface area contributed by atoms with Crippen molar-refractivity contribution in [2.75, 3.05) is 7.11 Å². The van der Waals surface area contributed by atoms with Crippen LogP contribution in [0.3, 0.4) is 0 Å². The summed E-state index contributed by atoms with van der Waals surface area (Å²) >= 11 is 0. The Kier molecular flexibility index (Phi) is 7.55. The van der Waals surface area contributed by atoms with E-state index in [4.69, 9.17) is 4.43 Å². The number of benzene rings is 2. The molecule has 5 heteroatoms. The van der Waals surface area contributed by atoms with Gasteiger partial charge in [-0.05, 0) is 28.4 Å². The molecule has 29 heavy (non-hydrogen) atoms. The van der Waals surface area contributed by atoms with Crippen LogP contribution in [0.4, 0.5) is 4.39 Å². The maximum Gasteiger partial charge on any atom is 0.366 e. The average Bonchev–Trinajstić information content (AvgIpc) is 2.71. The minimum absolute atomic E-state index is 0.172. The Morgan fingerprint density at radius 1 is 0.966 bits per heavy atom. The fraction of sp³-hybridized carbons (Fsp3) is 0.375. The molecular weight excluding hydrogens is 383 g/mol. The quantitative estimate of drug-likeness (QED) is 0.377. The molecule has 2 atom stereocenters. The van der Waals surface area contributed by atoms with Crippen LogP contribution < -0.4 is 10.4 Å². The first-order chi connectivity index (χ1) is 13.6. The lowest BCUT2D eigenvalue weighted by atomic mass is 10.1. The lowest BCUT2D eigenvalue weighted by molar-refractivity contribution is -0.137. The van der Waals surface area contributed by atoms with Crippen molar-refractivity contribution in [3.63, 3.8) is 0 Å². The van der Waals surface area contributed by atoms with Gasteiger partial charge in [0.15, 0.2) is 0 Å². The Morgan fingerprint density at radius 2 is 1.41 bits per heavy atom. The van der Waals surface area contributed by atoms with Gasteiger partial charge in [0, 0.05) is 12.0 Å². The summed E-state index contributed by atoms with van der Waals surface area (Å²) in [6.45, 7) is 10.4. The molecule has 2 aromatic carbocycles. The fourth-order valence-electron chi connectivity index (χ4n) is 3.61. The molecule has 0 aliphatic carbocycles. The molecule has 0 heterocycles. The van der Waals surface area contributed by atoms with Crippen LogP contribution in [0.1, 0.15) is 34.6 Å². The Balaban J connectivity index is 2.55. The van der Waals surface area contributed by atoms with Gasteiger partial charge in [-0.3, -0.25) is 0 Å². The van der Waals surface area contributed by atoms with E-state index in [2.05, 4.69) is 49.8 Å². The Bertz CT molecular complexity index is 789. The zero-order chi connectivity index (χ0) is 21.7. The number of rotatable bonds is 7. The largest absolute Gasteiger partial charge is 0.464 e. The summed E-state index contributed by atoms with van der Waals surface area (Å²) in [6, 6.07) is 20.6. The SMILES string of the molecule is COC(=O)/C(F)=C\[C@@H](C)C(C)O[Si](c1ccccc1)(c1ccccc1)C(C)(C)C. The number of methoxy groups -OCH3 is 1. The third-order valence-corrected chi connectivity index (χ3v) is 10.4. The number of esters is 1. The Morgan fingerprint density at radius 3 is 1.79 bits per heavy atom. The molecule has 0 spiro atoms. The monoisotopic (exact) mass is 414 g/mol. The molecule has 0 radical (unpaired) electrons. The highest BCUT2D eigenvalue weighted by molar-refractivity contribution is 6.99. The van der Waals surface area contributed by atoms with Crippen LogP contribution in [-0.2, 0) is 14.0 Å². The fourth-order valence-corrected chi connectivity index (χ4v) is 8.40. The van der Waals surface area contributed by atoms with Crippen LogP contribution >= 0.6 is 0 Å². The lowest BCUT2D eigenvalue weighted by Gasteiger charge is -2.45. The second-order valence-corrected chi connectivity index (χ2v) is 12.6. The summed E-state index contributed by atoms with van der Waals surface area (Å²) in [5.41, 5.74) is 0. The van der Waals surface area contributed by atoms with Crippen molar-refractivity contribution >= 4 is 24.7 Å². The van der Waals surface area contributed by atoms with Gasteiger partial charge in [0.2, 0.25) is 5.83 Å². The number of carbonyl (C=O) groups is 1. The molecule has 0 aliphatic heterocycles. The highest BCUT2D eigenvalue weighted by Crippen LogP contribution is 2.38. The third kappa shape index (κ3) is 5.03. The van der Waals surface area contributed by atoms with Gasteiger partial charge >= 0.3 is 5.97 Å². The second-order valence-electron chi connectivity index (χ2n) is 8.35. The van der Waals surface area contributed by atoms with E-state index in [1.165, 1.54) is 13.2 Å². The van der Waals surface area contributed by atoms with Gasteiger partial charge < -0.3 is 9.16 Å². The molecule has 0 saturated heterocycles. The summed E-state index contributed by atoms with van der Waals surface area (Å²) in [5, 5.41) is 2.15. The van der Waals surface area contributed by atoms with E-state index >= 15 is 0 Å². The minimum atomic E-state index is -2.73. The van der Waals surface area contributed by atoms with Crippen molar-refractivity contribution < 1.29 is 18.3 Å². The van der Waals surface area contributed by atoms with Crippen LogP contribution in [0.2, 0.25) is 5.04 Å². The van der Waals surface area contributed by atoms with E-state index in [-0.39, 0.29) is 17.1 Å². The van der Waals surface area contributed by atoms with Gasteiger partial charge in [-0.1, -0.05) is 88.4 Å². The zero-order valence-electron chi connectivity index (χ0n) is 18.1. The molecule has 0 saturated carbocycles. The van der Waals surface area contributed by atoms with Crippen molar-refractivity contribution in [1.82, 2.24) is 0 Å². The molecule has 0 bridgehead atoms. The summed E-state index contributed by atoms with van der Waals surface area (Å²) in [5.74, 6) is -2.16. The molecule has 0 aliphatic rings. The predicted octanol–water partition coefficient (Wildman–Crippen LogP) is 4.61. The topological polar surface area (TPSA) is 35.5 Å². The van der Waals surface area contributed by atoms with E-state index in [0.29, 0.717) is 0 Å². The number of carbonyl (C=O) groups excluding carboxylic acids is 1. The molecule has 0 N–H and O–H groups in total. The van der Waals surface area contributed by atoms with Crippen LogP contribution in [0, 0.1) is 5.92 Å². The van der Waals surface area contributed by atoms with Gasteiger partial charge in [0.25, 0.3) is 8.32 Å². The molecule has 156 valence electrons. The molecule has 1 unspecified atom stereocenters. The van der Waals surface area contributed by atoms with Crippen molar-refractivity contribution in [1.29, 1.82) is 0 Å². The smallest absolute Gasteiger partial charge is 0.366 e. The third-order valence-electron chi connectivity index (χ3n) is 5.31. The van der Waals surface area contributed by atoms with E-state index in [9.17, 15) is 9.18 Å². The second kappa shape index (κ2) is 9.50. The molecular formula is C24H31FO3Si. The van der Waals surface area contributed by atoms with Gasteiger partial charge in [0.1, 0.15) is 0 Å². The highest BCUT2D eigenvalue weighted by Gasteiger charge is 2.51. The number of hydrogen-bond acceptors (Lipinski definition) is 3. The normalized spacial score (nSPS) is 14.9. The van der Waals surface area contributed by atoms with Crippen LogP contribution in [0.25, 0.3) is 0 Å². The highest BCUT2D eigenvalue weighted by atomic mass is 28.4. The van der Waals surface area contributed by atoms with Gasteiger partial charge in [-0.25, -0.2) is 4.79 Å². The molecule has 2 aromatic rings. The summed E-state index contributed by atoms with van der Waals surface area (Å²) in [4.78, 5) is 11.5. The Labute approximate surface area is 174 Å². The first kappa shape index (κ1) is 23.0. The van der Waals surface area contributed by atoms with Crippen molar-refractivity contribution in [3.8, 4) is 0 Å². The van der Waals surface area contributed by atoms with E-state index in [1.807, 2.05) is 50.2 Å². The maximum atomic E-state index is 14.1. The molecule has 3 nitrogen and oxygen atoms in total. The van der Waals surface area contributed by atoms with Crippen LogP contribution in [-0.4, -0.2) is 27.5 Å². The summed E-state index contributed by atoms with van der Waals surface area (Å²) in [7, 11) is -1.56. The summed E-state index contributed by atoms with van der Waals surface area (Å²) < 4.78 is 25.5. The van der Waals surface area contributed by atoms with Gasteiger partial charge in [-0.15, -0.1) is 0 Å². The first-order valence-electron chi connectivity index (χ1n) is 9.88. The first-order valence-corrected chi connectivity index (χ1v) is 11.8. The predicted molar refractivity (Wildman–Crippen MR) is 119 cm³/mol. The standard InChI is InChI=1S/C24H31FO3Si/c1-18(17-22(25)23(26)27-6)19(2)28-29(24(3,4)5,20-13-9-7-10-14-20)21-15-11-8-12-16-21/h7-19H,1-6H3/b22-17+/t18-,19?/m1/s1. The number of halogens is 1. The maximum absolute atomic E-state index is 14.1. The van der Waals surface area contributed by atoms with E-state index < -0.39 is 20.1 Å². The van der Waals surface area contributed by atoms with Crippen LogP contribution in [0.5, 0.6) is 0 Å². The van der Waals surface area contributed by atoms with Crippen molar-refractivity contribution in [3.05, 3.63) is 72.6 Å². The molecule has 0 fully saturated rings.